The van der Waals surface area contributed by atoms with Gasteiger partial charge in [-0.25, -0.2) is 0 Å². The van der Waals surface area contributed by atoms with Crippen LogP contribution in [0.3, 0.4) is 0 Å². The fourth-order valence-corrected chi connectivity index (χ4v) is 1.29. The zero-order chi connectivity index (χ0) is 9.45. The van der Waals surface area contributed by atoms with Crippen LogP contribution in [0, 0.1) is 0 Å². The summed E-state index contributed by atoms with van der Waals surface area (Å²) in [5.74, 6) is 0. The maximum atomic E-state index is 5.49. The SMILES string of the molecule is C=CCCC(C)(CCCC)OC. The van der Waals surface area contributed by atoms with E-state index in [9.17, 15) is 0 Å². The maximum Gasteiger partial charge on any atom is 0.0653 e. The van der Waals surface area contributed by atoms with E-state index in [-0.39, 0.29) is 5.60 Å². The third-order valence-electron chi connectivity index (χ3n) is 2.43. The normalized spacial score (nSPS) is 15.6. The molecule has 1 nitrogen and oxygen atoms in total. The molecule has 0 heterocycles. The molecule has 0 radical (unpaired) electrons. The van der Waals surface area contributed by atoms with E-state index in [1.54, 1.807) is 7.11 Å². The van der Waals surface area contributed by atoms with E-state index in [1.807, 2.05) is 6.08 Å². The van der Waals surface area contributed by atoms with Crippen LogP contribution in [-0.2, 0) is 4.74 Å². The Kier molecular flexibility index (Phi) is 6.09. The monoisotopic (exact) mass is 170 g/mol. The van der Waals surface area contributed by atoms with Gasteiger partial charge in [-0.05, 0) is 26.2 Å². The van der Waals surface area contributed by atoms with Crippen LogP contribution < -0.4 is 0 Å². The fraction of sp³-hybridized carbons (Fsp3) is 0.818. The molecule has 0 saturated carbocycles. The highest BCUT2D eigenvalue weighted by Crippen LogP contribution is 2.23. The van der Waals surface area contributed by atoms with Crippen LogP contribution in [0.1, 0.15) is 46.0 Å². The van der Waals surface area contributed by atoms with Crippen molar-refractivity contribution in [1.29, 1.82) is 0 Å². The summed E-state index contributed by atoms with van der Waals surface area (Å²) in [4.78, 5) is 0. The summed E-state index contributed by atoms with van der Waals surface area (Å²) in [7, 11) is 1.80. The van der Waals surface area contributed by atoms with Crippen molar-refractivity contribution in [2.45, 2.75) is 51.6 Å². The minimum atomic E-state index is 0.0736. The number of ether oxygens (including phenoxy) is 1. The van der Waals surface area contributed by atoms with Crippen LogP contribution >= 0.6 is 0 Å². The summed E-state index contributed by atoms with van der Waals surface area (Å²) in [6.07, 6.45) is 7.76. The van der Waals surface area contributed by atoms with E-state index < -0.39 is 0 Å². The zero-order valence-corrected chi connectivity index (χ0v) is 8.73. The van der Waals surface area contributed by atoms with Crippen molar-refractivity contribution in [2.75, 3.05) is 7.11 Å². The fourth-order valence-electron chi connectivity index (χ4n) is 1.29. The second kappa shape index (κ2) is 6.24. The molecule has 1 atom stereocenters. The lowest BCUT2D eigenvalue weighted by molar-refractivity contribution is -0.00898. The van der Waals surface area contributed by atoms with E-state index in [4.69, 9.17) is 4.74 Å². The van der Waals surface area contributed by atoms with Crippen molar-refractivity contribution in [1.82, 2.24) is 0 Å². The summed E-state index contributed by atoms with van der Waals surface area (Å²) in [6.45, 7) is 8.12. The van der Waals surface area contributed by atoms with Crippen molar-refractivity contribution in [3.63, 3.8) is 0 Å². The molecule has 0 saturated heterocycles. The molecule has 1 unspecified atom stereocenters. The van der Waals surface area contributed by atoms with Crippen LogP contribution in [0.2, 0.25) is 0 Å². The van der Waals surface area contributed by atoms with Gasteiger partial charge in [0.2, 0.25) is 0 Å². The molecule has 0 aromatic rings. The van der Waals surface area contributed by atoms with Crippen molar-refractivity contribution in [3.8, 4) is 0 Å². The Labute approximate surface area is 76.8 Å². The molecule has 0 aliphatic heterocycles. The molecule has 0 aliphatic rings. The van der Waals surface area contributed by atoms with Gasteiger partial charge in [0.15, 0.2) is 0 Å². The Morgan fingerprint density at radius 2 is 2.08 bits per heavy atom. The van der Waals surface area contributed by atoms with Crippen molar-refractivity contribution >= 4 is 0 Å². The lowest BCUT2D eigenvalue weighted by Crippen LogP contribution is -2.26. The smallest absolute Gasteiger partial charge is 0.0653 e. The number of unbranched alkanes of at least 4 members (excludes halogenated alkanes) is 1. The predicted octanol–water partition coefficient (Wildman–Crippen LogP) is 3.55. The summed E-state index contributed by atoms with van der Waals surface area (Å²) >= 11 is 0. The maximum absolute atomic E-state index is 5.49. The van der Waals surface area contributed by atoms with Gasteiger partial charge >= 0.3 is 0 Å². The first-order valence-electron chi connectivity index (χ1n) is 4.84. The topological polar surface area (TPSA) is 9.23 Å². The van der Waals surface area contributed by atoms with E-state index in [0.29, 0.717) is 0 Å². The van der Waals surface area contributed by atoms with Gasteiger partial charge in [-0.1, -0.05) is 25.8 Å². The quantitative estimate of drug-likeness (QED) is 0.531. The number of methoxy groups -OCH3 is 1. The molecule has 0 spiro atoms. The van der Waals surface area contributed by atoms with E-state index in [1.165, 1.54) is 12.8 Å². The molecule has 0 aromatic carbocycles. The zero-order valence-electron chi connectivity index (χ0n) is 8.73. The van der Waals surface area contributed by atoms with Gasteiger partial charge in [0, 0.05) is 7.11 Å². The number of hydrogen-bond donors (Lipinski definition) is 0. The first kappa shape index (κ1) is 11.7. The molecule has 12 heavy (non-hydrogen) atoms. The Morgan fingerprint density at radius 3 is 2.50 bits per heavy atom. The van der Waals surface area contributed by atoms with E-state index in [2.05, 4.69) is 20.4 Å². The second-order valence-corrected chi connectivity index (χ2v) is 3.58. The Morgan fingerprint density at radius 1 is 1.42 bits per heavy atom. The molecule has 0 aromatic heterocycles. The number of allylic oxidation sites excluding steroid dienone is 1. The molecule has 0 N–H and O–H groups in total. The Bertz CT molecular complexity index is 120. The van der Waals surface area contributed by atoms with Crippen molar-refractivity contribution < 1.29 is 4.74 Å². The number of rotatable bonds is 7. The van der Waals surface area contributed by atoms with E-state index in [0.717, 1.165) is 19.3 Å². The van der Waals surface area contributed by atoms with Gasteiger partial charge in [0.25, 0.3) is 0 Å². The third kappa shape index (κ3) is 4.55. The summed E-state index contributed by atoms with van der Waals surface area (Å²) in [6, 6.07) is 0. The minimum absolute atomic E-state index is 0.0736. The molecule has 0 rings (SSSR count). The highest BCUT2D eigenvalue weighted by atomic mass is 16.5. The molecule has 0 amide bonds. The summed E-state index contributed by atoms with van der Waals surface area (Å²) in [5, 5.41) is 0. The average molecular weight is 170 g/mol. The van der Waals surface area contributed by atoms with Gasteiger partial charge in [0.05, 0.1) is 5.60 Å². The molecular weight excluding hydrogens is 148 g/mol. The van der Waals surface area contributed by atoms with Gasteiger partial charge in [-0.2, -0.15) is 0 Å². The predicted molar refractivity (Wildman–Crippen MR) is 54.4 cm³/mol. The van der Waals surface area contributed by atoms with Crippen LogP contribution in [0.25, 0.3) is 0 Å². The van der Waals surface area contributed by atoms with Crippen LogP contribution in [0.15, 0.2) is 12.7 Å². The lowest BCUT2D eigenvalue weighted by atomic mass is 9.93. The highest BCUT2D eigenvalue weighted by Gasteiger charge is 2.21. The molecular formula is C11H22O. The third-order valence-corrected chi connectivity index (χ3v) is 2.43. The van der Waals surface area contributed by atoms with Crippen molar-refractivity contribution in [3.05, 3.63) is 12.7 Å². The number of hydrogen-bond acceptors (Lipinski definition) is 1. The van der Waals surface area contributed by atoms with Crippen molar-refractivity contribution in [2.24, 2.45) is 0 Å². The summed E-state index contributed by atoms with van der Waals surface area (Å²) in [5.41, 5.74) is 0.0736. The standard InChI is InChI=1S/C11H22O/c1-5-7-9-11(3,12-4)10-8-6-2/h5H,1,6-10H2,2-4H3. The van der Waals surface area contributed by atoms with Crippen LogP contribution in [0.4, 0.5) is 0 Å². The first-order valence-corrected chi connectivity index (χ1v) is 4.84. The second-order valence-electron chi connectivity index (χ2n) is 3.58. The van der Waals surface area contributed by atoms with Gasteiger partial charge < -0.3 is 4.74 Å². The van der Waals surface area contributed by atoms with Crippen LogP contribution in [0.5, 0.6) is 0 Å². The van der Waals surface area contributed by atoms with Gasteiger partial charge in [-0.3, -0.25) is 0 Å². The summed E-state index contributed by atoms with van der Waals surface area (Å²) < 4.78 is 5.49. The highest BCUT2D eigenvalue weighted by molar-refractivity contribution is 4.79. The van der Waals surface area contributed by atoms with E-state index >= 15 is 0 Å². The largest absolute Gasteiger partial charge is 0.379 e. The van der Waals surface area contributed by atoms with Crippen LogP contribution in [-0.4, -0.2) is 12.7 Å². The first-order chi connectivity index (χ1) is 5.68. The molecule has 0 fully saturated rings. The average Bonchev–Trinajstić information content (AvgIpc) is 2.11. The Hall–Kier alpha value is -0.300. The molecule has 0 aliphatic carbocycles. The Balaban J connectivity index is 3.77. The molecule has 1 heteroatoms. The van der Waals surface area contributed by atoms with Gasteiger partial charge in [-0.15, -0.1) is 6.58 Å². The minimum Gasteiger partial charge on any atom is -0.379 e. The van der Waals surface area contributed by atoms with Gasteiger partial charge in [0.1, 0.15) is 0 Å². The molecule has 72 valence electrons. The lowest BCUT2D eigenvalue weighted by Gasteiger charge is -2.27. The molecule has 0 bridgehead atoms.